The molecule has 4 atom stereocenters. The molecular weight excluding hydrogens is 669 g/mol. The van der Waals surface area contributed by atoms with Gasteiger partial charge in [0.25, 0.3) is 5.91 Å². The number of Topliss-reactive ketones (excluding diaryl/α,β-unsaturated/α-hetero) is 1. The summed E-state index contributed by atoms with van der Waals surface area (Å²) >= 11 is 6.22. The zero-order valence-corrected chi connectivity index (χ0v) is 29.3. The topological polar surface area (TPSA) is 156 Å². The predicted molar refractivity (Wildman–Crippen MR) is 183 cm³/mol. The first kappa shape index (κ1) is 36.8. The number of carbonyl (C=O) groups excluding carboxylic acids is 5. The molecule has 12 nitrogen and oxygen atoms in total. The van der Waals surface area contributed by atoms with Crippen molar-refractivity contribution in [1.82, 2.24) is 20.9 Å². The second-order valence-corrected chi connectivity index (χ2v) is 14.7. The summed E-state index contributed by atoms with van der Waals surface area (Å²) in [6, 6.07) is 9.46. The molecule has 0 unspecified atom stereocenters. The number of ether oxygens (including phenoxy) is 1. The number of alkyl carbamates (subject to hydrolysis) is 1. The summed E-state index contributed by atoms with van der Waals surface area (Å²) in [4.78, 5) is 74.7. The van der Waals surface area contributed by atoms with Gasteiger partial charge in [-0.05, 0) is 42.9 Å². The fraction of sp³-hybridized carbons (Fsp3) is 0.500. The summed E-state index contributed by atoms with van der Waals surface area (Å²) in [5, 5.41) is 12.9. The van der Waals surface area contributed by atoms with Crippen LogP contribution in [0.3, 0.4) is 0 Å². The van der Waals surface area contributed by atoms with Crippen molar-refractivity contribution in [2.45, 2.75) is 103 Å². The molecular formula is C36H43ClFN5O7. The Morgan fingerprint density at radius 3 is 2.50 bits per heavy atom. The van der Waals surface area contributed by atoms with Gasteiger partial charge in [0, 0.05) is 35.0 Å². The van der Waals surface area contributed by atoms with Gasteiger partial charge in [-0.1, -0.05) is 81.2 Å². The standard InChI is InChI=1S/C36H43ClFN5O7/c1-5-9-26(29(44)32(46)39-24-14-15-24)40-31(45)28-18-36(17-27(42-50-36)21-11-8-12-23(37)16-21)20-43(28)33(47)30(35(2,3)4)41-34(48)49-19-22-10-6-7-13-25(22)38/h6-8,10-13,16,24,26,28,30H,5,9,14-15,17-20H2,1-4H3,(H,39,46)(H,40,45)(H,41,48)/t26-,28-,30+,36+/m0/s1. The number of carbonyl (C=O) groups is 5. The van der Waals surface area contributed by atoms with Crippen LogP contribution < -0.4 is 16.0 Å². The van der Waals surface area contributed by atoms with Gasteiger partial charge in [-0.15, -0.1) is 0 Å². The molecule has 1 saturated carbocycles. The summed E-state index contributed by atoms with van der Waals surface area (Å²) < 4.78 is 19.4. The lowest BCUT2D eigenvalue weighted by atomic mass is 9.85. The molecule has 3 aliphatic rings. The van der Waals surface area contributed by atoms with Crippen molar-refractivity contribution >= 4 is 46.9 Å². The zero-order chi connectivity index (χ0) is 36.2. The Morgan fingerprint density at radius 1 is 1.10 bits per heavy atom. The molecule has 2 fully saturated rings. The van der Waals surface area contributed by atoms with Crippen LogP contribution >= 0.6 is 11.6 Å². The third-order valence-corrected chi connectivity index (χ3v) is 9.26. The van der Waals surface area contributed by atoms with Gasteiger partial charge in [0.15, 0.2) is 5.60 Å². The Morgan fingerprint density at radius 2 is 1.84 bits per heavy atom. The van der Waals surface area contributed by atoms with Gasteiger partial charge >= 0.3 is 6.09 Å². The summed E-state index contributed by atoms with van der Waals surface area (Å²) in [6.45, 7) is 6.64. The SMILES string of the molecule is CCC[C@H](NC(=O)[C@@H]1C[C@]2(CC(c3cccc(Cl)c3)=NO2)CN1C(=O)[C@@H](NC(=O)OCc1ccccc1F)C(C)(C)C)C(=O)C(=O)NC1CC1. The number of amides is 4. The molecule has 14 heteroatoms. The monoisotopic (exact) mass is 711 g/mol. The first-order chi connectivity index (χ1) is 23.7. The minimum Gasteiger partial charge on any atom is -0.445 e. The molecule has 2 heterocycles. The highest BCUT2D eigenvalue weighted by atomic mass is 35.5. The maximum absolute atomic E-state index is 14.5. The van der Waals surface area contributed by atoms with E-state index >= 15 is 0 Å². The van der Waals surface area contributed by atoms with E-state index in [1.165, 1.54) is 23.1 Å². The molecule has 3 N–H and O–H groups in total. The number of rotatable bonds is 12. The van der Waals surface area contributed by atoms with Crippen molar-refractivity contribution < 1.29 is 37.9 Å². The molecule has 50 heavy (non-hydrogen) atoms. The molecule has 4 amide bonds. The summed E-state index contributed by atoms with van der Waals surface area (Å²) in [5.74, 6) is -3.29. The van der Waals surface area contributed by atoms with Gasteiger partial charge in [0.1, 0.15) is 24.5 Å². The molecule has 2 aromatic rings. The highest BCUT2D eigenvalue weighted by Gasteiger charge is 2.55. The fourth-order valence-electron chi connectivity index (χ4n) is 6.15. The number of hydrogen-bond donors (Lipinski definition) is 3. The molecule has 268 valence electrons. The van der Waals surface area contributed by atoms with E-state index in [4.69, 9.17) is 21.2 Å². The van der Waals surface area contributed by atoms with Crippen molar-refractivity contribution in [3.63, 3.8) is 0 Å². The average molecular weight is 712 g/mol. The van der Waals surface area contributed by atoms with Crippen molar-refractivity contribution in [1.29, 1.82) is 0 Å². The molecule has 1 aliphatic carbocycles. The lowest BCUT2D eigenvalue weighted by Gasteiger charge is -2.35. The van der Waals surface area contributed by atoms with Crippen LogP contribution in [0.5, 0.6) is 0 Å². The minimum absolute atomic E-state index is 0.0219. The highest BCUT2D eigenvalue weighted by molar-refractivity contribution is 6.38. The van der Waals surface area contributed by atoms with E-state index in [1.54, 1.807) is 45.0 Å². The van der Waals surface area contributed by atoms with Crippen LogP contribution in [0.4, 0.5) is 9.18 Å². The summed E-state index contributed by atoms with van der Waals surface area (Å²) in [7, 11) is 0. The number of ketones is 1. The predicted octanol–water partition coefficient (Wildman–Crippen LogP) is 4.42. The van der Waals surface area contributed by atoms with E-state index in [0.717, 1.165) is 18.4 Å². The maximum atomic E-state index is 14.5. The number of oxime groups is 1. The molecule has 0 radical (unpaired) electrons. The fourth-order valence-corrected chi connectivity index (χ4v) is 6.34. The van der Waals surface area contributed by atoms with Crippen molar-refractivity contribution in [2.75, 3.05) is 6.54 Å². The number of hydrogen-bond acceptors (Lipinski definition) is 8. The van der Waals surface area contributed by atoms with Gasteiger partial charge in [-0.25, -0.2) is 9.18 Å². The quantitative estimate of drug-likeness (QED) is 0.276. The first-order valence-corrected chi connectivity index (χ1v) is 17.2. The van der Waals surface area contributed by atoms with Crippen LogP contribution in [0, 0.1) is 11.2 Å². The number of benzene rings is 2. The van der Waals surface area contributed by atoms with Crippen LogP contribution in [-0.4, -0.2) is 76.5 Å². The van der Waals surface area contributed by atoms with Crippen molar-refractivity contribution in [2.24, 2.45) is 10.6 Å². The van der Waals surface area contributed by atoms with E-state index in [2.05, 4.69) is 21.1 Å². The molecule has 2 aromatic carbocycles. The van der Waals surface area contributed by atoms with Gasteiger partial charge in [-0.3, -0.25) is 19.2 Å². The molecule has 1 saturated heterocycles. The Balaban J connectivity index is 1.38. The van der Waals surface area contributed by atoms with E-state index in [0.29, 0.717) is 17.2 Å². The first-order valence-electron chi connectivity index (χ1n) is 16.8. The van der Waals surface area contributed by atoms with E-state index in [9.17, 15) is 28.4 Å². The molecule has 2 aliphatic heterocycles. The van der Waals surface area contributed by atoms with E-state index < -0.39 is 64.6 Å². The number of likely N-dealkylation sites (tertiary alicyclic amines) is 1. The van der Waals surface area contributed by atoms with Crippen LogP contribution in [0.2, 0.25) is 5.02 Å². The van der Waals surface area contributed by atoms with Gasteiger partial charge < -0.3 is 30.4 Å². The average Bonchev–Trinajstić information content (AvgIpc) is 3.66. The van der Waals surface area contributed by atoms with E-state index in [-0.39, 0.29) is 44.0 Å². The number of halogens is 2. The van der Waals surface area contributed by atoms with Crippen LogP contribution in [0.15, 0.2) is 53.7 Å². The Kier molecular flexibility index (Phi) is 11.1. The molecule has 0 bridgehead atoms. The Bertz CT molecular complexity index is 1680. The maximum Gasteiger partial charge on any atom is 0.408 e. The Hall–Kier alpha value is -4.52. The number of nitrogens with zero attached hydrogens (tertiary/aromatic N) is 2. The van der Waals surface area contributed by atoms with Crippen LogP contribution in [0.25, 0.3) is 0 Å². The lowest BCUT2D eigenvalue weighted by Crippen LogP contribution is -2.59. The van der Waals surface area contributed by atoms with Gasteiger partial charge in [0.05, 0.1) is 18.3 Å². The van der Waals surface area contributed by atoms with Crippen molar-refractivity contribution in [3.8, 4) is 0 Å². The third kappa shape index (κ3) is 8.79. The smallest absolute Gasteiger partial charge is 0.408 e. The largest absolute Gasteiger partial charge is 0.445 e. The summed E-state index contributed by atoms with van der Waals surface area (Å²) in [6.07, 6.45) is 1.64. The van der Waals surface area contributed by atoms with Crippen LogP contribution in [0.1, 0.15) is 77.3 Å². The van der Waals surface area contributed by atoms with Gasteiger partial charge in [-0.2, -0.15) is 0 Å². The van der Waals surface area contributed by atoms with Gasteiger partial charge in [0.2, 0.25) is 17.6 Å². The molecule has 1 spiro atoms. The number of nitrogens with one attached hydrogen (secondary N) is 3. The minimum atomic E-state index is -1.19. The third-order valence-electron chi connectivity index (χ3n) is 9.02. The van der Waals surface area contributed by atoms with Crippen LogP contribution in [-0.2, 0) is 35.4 Å². The molecule has 5 rings (SSSR count). The Labute approximate surface area is 295 Å². The zero-order valence-electron chi connectivity index (χ0n) is 28.6. The summed E-state index contributed by atoms with van der Waals surface area (Å²) in [5.41, 5.74) is -0.501. The molecule has 0 aromatic heterocycles. The highest BCUT2D eigenvalue weighted by Crippen LogP contribution is 2.40. The lowest BCUT2D eigenvalue weighted by molar-refractivity contribution is -0.144. The second-order valence-electron chi connectivity index (χ2n) is 14.3. The van der Waals surface area contributed by atoms with Crippen molar-refractivity contribution in [3.05, 3.63) is 70.5 Å². The second kappa shape index (κ2) is 15.2. The van der Waals surface area contributed by atoms with E-state index in [1.807, 2.05) is 13.0 Å². The normalized spacial score (nSPS) is 21.1.